The van der Waals surface area contributed by atoms with Crippen LogP contribution in [0.15, 0.2) is 48.5 Å². The number of rotatable bonds is 5. The fourth-order valence-electron chi connectivity index (χ4n) is 5.57. The van der Waals surface area contributed by atoms with Crippen LogP contribution >= 0.6 is 0 Å². The van der Waals surface area contributed by atoms with Gasteiger partial charge in [-0.3, -0.25) is 24.1 Å². The van der Waals surface area contributed by atoms with Crippen molar-refractivity contribution in [3.8, 4) is 0 Å². The molecular weight excluding hydrogens is 555 g/mol. The van der Waals surface area contributed by atoms with Gasteiger partial charge < -0.3 is 10.0 Å². The molecule has 0 aromatic heterocycles. The number of imide groups is 2. The molecule has 5 rings (SSSR count). The molecule has 1 atom stereocenters. The maximum Gasteiger partial charge on any atom is 0.402 e. The Morgan fingerprint density at radius 2 is 1.26 bits per heavy atom. The Kier molecular flexibility index (Phi) is 6.29. The maximum atomic E-state index is 14.9. The van der Waals surface area contributed by atoms with E-state index in [1.165, 1.54) is 25.2 Å². The summed E-state index contributed by atoms with van der Waals surface area (Å²) < 4.78 is 44.6. The first-order valence-corrected chi connectivity index (χ1v) is 12.6. The minimum Gasteiger partial charge on any atom is -0.478 e. The largest absolute Gasteiger partial charge is 0.478 e. The molecule has 1 unspecified atom stereocenters. The standard InChI is InChI=1S/C30H24F3N3O6/c1-14-10-15(28(41)42)11-22(23(14)34(3)4)36-26(39)19-9-7-17(13-21(19)27(36)40)29(2,30(31,32)33)16-6-8-18-20(12-16)25(38)35(5)24(18)37/h6-13H,1-5H3,(H,41,42). The minimum absolute atomic E-state index is 0.0169. The summed E-state index contributed by atoms with van der Waals surface area (Å²) in [5.74, 6) is -4.38. The summed E-state index contributed by atoms with van der Waals surface area (Å²) in [6.45, 7) is 2.51. The number of anilines is 2. The summed E-state index contributed by atoms with van der Waals surface area (Å²) in [4.78, 5) is 66.9. The van der Waals surface area contributed by atoms with Crippen molar-refractivity contribution in [1.29, 1.82) is 0 Å². The van der Waals surface area contributed by atoms with Crippen LogP contribution in [-0.2, 0) is 5.41 Å². The summed E-state index contributed by atoms with van der Waals surface area (Å²) >= 11 is 0. The fourth-order valence-corrected chi connectivity index (χ4v) is 5.57. The number of hydrogen-bond donors (Lipinski definition) is 1. The van der Waals surface area contributed by atoms with Gasteiger partial charge in [0.2, 0.25) is 0 Å². The van der Waals surface area contributed by atoms with E-state index in [2.05, 4.69) is 0 Å². The first-order valence-electron chi connectivity index (χ1n) is 12.6. The van der Waals surface area contributed by atoms with Crippen LogP contribution in [0.25, 0.3) is 0 Å². The molecule has 0 aliphatic carbocycles. The normalized spacial score (nSPS) is 16.1. The zero-order valence-electron chi connectivity index (χ0n) is 23.1. The third-order valence-electron chi connectivity index (χ3n) is 7.91. The van der Waals surface area contributed by atoms with E-state index in [9.17, 15) is 42.3 Å². The number of halogens is 3. The zero-order valence-corrected chi connectivity index (χ0v) is 23.1. The molecule has 216 valence electrons. The predicted octanol–water partition coefficient (Wildman–Crippen LogP) is 4.65. The van der Waals surface area contributed by atoms with Crippen molar-refractivity contribution in [2.45, 2.75) is 25.4 Å². The van der Waals surface area contributed by atoms with Gasteiger partial charge in [-0.15, -0.1) is 0 Å². The molecule has 2 heterocycles. The minimum atomic E-state index is -4.93. The molecular formula is C30H24F3N3O6. The molecule has 9 nitrogen and oxygen atoms in total. The second-order valence-corrected chi connectivity index (χ2v) is 10.6. The average molecular weight is 580 g/mol. The van der Waals surface area contributed by atoms with Crippen molar-refractivity contribution < 1.29 is 42.3 Å². The van der Waals surface area contributed by atoms with Crippen molar-refractivity contribution in [3.63, 3.8) is 0 Å². The Labute approximate surface area is 237 Å². The summed E-state index contributed by atoms with van der Waals surface area (Å²) in [6, 6.07) is 9.11. The van der Waals surface area contributed by atoms with Crippen LogP contribution in [0.5, 0.6) is 0 Å². The van der Waals surface area contributed by atoms with E-state index in [0.717, 1.165) is 47.1 Å². The van der Waals surface area contributed by atoms with Crippen LogP contribution < -0.4 is 9.80 Å². The Bertz CT molecular complexity index is 1760. The third-order valence-corrected chi connectivity index (χ3v) is 7.91. The predicted molar refractivity (Wildman–Crippen MR) is 145 cm³/mol. The van der Waals surface area contributed by atoms with Gasteiger partial charge in [-0.05, 0) is 66.9 Å². The highest BCUT2D eigenvalue weighted by molar-refractivity contribution is 6.35. The number of alkyl halides is 3. The van der Waals surface area contributed by atoms with Gasteiger partial charge in [0, 0.05) is 21.1 Å². The first-order chi connectivity index (χ1) is 19.5. The Balaban J connectivity index is 1.66. The number of amides is 4. The molecule has 0 saturated carbocycles. The topological polar surface area (TPSA) is 115 Å². The molecule has 3 aromatic rings. The van der Waals surface area contributed by atoms with Crippen molar-refractivity contribution in [2.24, 2.45) is 0 Å². The molecule has 0 saturated heterocycles. The van der Waals surface area contributed by atoms with Crippen LogP contribution in [-0.4, -0.2) is 66.9 Å². The SMILES string of the molecule is Cc1cc(C(=O)O)cc(N2C(=O)c3ccc(C(C)(c4ccc5c(c4)C(=O)N(C)C5=O)C(F)(F)F)cc3C2=O)c1N(C)C. The molecule has 0 bridgehead atoms. The van der Waals surface area contributed by atoms with E-state index in [1.807, 2.05) is 0 Å². The molecule has 0 fully saturated rings. The summed E-state index contributed by atoms with van der Waals surface area (Å²) in [6.07, 6.45) is -4.93. The van der Waals surface area contributed by atoms with Crippen LogP contribution in [0.1, 0.15) is 75.4 Å². The Morgan fingerprint density at radius 1 is 0.786 bits per heavy atom. The highest BCUT2D eigenvalue weighted by Crippen LogP contribution is 2.48. The van der Waals surface area contributed by atoms with Gasteiger partial charge in [-0.2, -0.15) is 13.2 Å². The molecule has 0 radical (unpaired) electrons. The van der Waals surface area contributed by atoms with Crippen molar-refractivity contribution in [1.82, 2.24) is 4.90 Å². The highest BCUT2D eigenvalue weighted by Gasteiger charge is 2.55. The number of fused-ring (bicyclic) bond motifs is 2. The average Bonchev–Trinajstić information content (AvgIpc) is 3.30. The van der Waals surface area contributed by atoms with Gasteiger partial charge in [0.05, 0.1) is 39.2 Å². The lowest BCUT2D eigenvalue weighted by Crippen LogP contribution is -2.41. The van der Waals surface area contributed by atoms with E-state index in [4.69, 9.17) is 0 Å². The van der Waals surface area contributed by atoms with E-state index in [-0.39, 0.29) is 44.6 Å². The smallest absolute Gasteiger partial charge is 0.402 e. The number of benzene rings is 3. The second-order valence-electron chi connectivity index (χ2n) is 10.6. The number of aromatic carboxylic acids is 1. The van der Waals surface area contributed by atoms with Gasteiger partial charge in [-0.25, -0.2) is 9.69 Å². The van der Waals surface area contributed by atoms with Crippen molar-refractivity contribution in [3.05, 3.63) is 93.0 Å². The number of carbonyl (C=O) groups excluding carboxylic acids is 4. The third kappa shape index (κ3) is 3.89. The lowest BCUT2D eigenvalue weighted by Gasteiger charge is -2.33. The lowest BCUT2D eigenvalue weighted by atomic mass is 9.74. The number of carbonyl (C=O) groups is 5. The number of hydrogen-bond acceptors (Lipinski definition) is 6. The second kappa shape index (κ2) is 9.26. The quantitative estimate of drug-likeness (QED) is 0.438. The summed E-state index contributed by atoms with van der Waals surface area (Å²) in [5.41, 5.74) is -3.41. The van der Waals surface area contributed by atoms with Gasteiger partial charge in [0.25, 0.3) is 23.6 Å². The lowest BCUT2D eigenvalue weighted by molar-refractivity contribution is -0.173. The Morgan fingerprint density at radius 3 is 1.76 bits per heavy atom. The summed E-state index contributed by atoms with van der Waals surface area (Å²) in [7, 11) is 4.52. The monoisotopic (exact) mass is 579 g/mol. The number of aryl methyl sites for hydroxylation is 1. The molecule has 0 spiro atoms. The zero-order chi connectivity index (χ0) is 31.0. The van der Waals surface area contributed by atoms with Crippen LogP contribution in [0, 0.1) is 6.92 Å². The van der Waals surface area contributed by atoms with Gasteiger partial charge in [-0.1, -0.05) is 12.1 Å². The molecule has 2 aliphatic rings. The fraction of sp³-hybridized carbons (Fsp3) is 0.233. The highest BCUT2D eigenvalue weighted by atomic mass is 19.4. The molecule has 2 aliphatic heterocycles. The van der Waals surface area contributed by atoms with E-state index >= 15 is 0 Å². The van der Waals surface area contributed by atoms with Crippen LogP contribution in [0.2, 0.25) is 0 Å². The van der Waals surface area contributed by atoms with Crippen molar-refractivity contribution >= 4 is 41.0 Å². The van der Waals surface area contributed by atoms with E-state index < -0.39 is 41.2 Å². The number of nitrogens with zero attached hydrogens (tertiary/aromatic N) is 3. The van der Waals surface area contributed by atoms with Crippen molar-refractivity contribution in [2.75, 3.05) is 30.9 Å². The van der Waals surface area contributed by atoms with Crippen LogP contribution in [0.4, 0.5) is 24.5 Å². The van der Waals surface area contributed by atoms with E-state index in [1.54, 1.807) is 25.9 Å². The van der Waals surface area contributed by atoms with Gasteiger partial charge in [0.15, 0.2) is 0 Å². The molecule has 42 heavy (non-hydrogen) atoms. The summed E-state index contributed by atoms with van der Waals surface area (Å²) in [5, 5.41) is 9.57. The molecule has 3 aromatic carbocycles. The maximum absolute atomic E-state index is 14.9. The van der Waals surface area contributed by atoms with E-state index in [0.29, 0.717) is 11.3 Å². The Hall–Kier alpha value is -5.00. The molecule has 12 heteroatoms. The first kappa shape index (κ1) is 28.5. The van der Waals surface area contributed by atoms with Gasteiger partial charge in [0.1, 0.15) is 5.41 Å². The number of carboxylic acids is 1. The molecule has 1 N–H and O–H groups in total. The number of carboxylic acid groups (broad SMARTS) is 1. The van der Waals surface area contributed by atoms with Gasteiger partial charge >= 0.3 is 12.1 Å². The van der Waals surface area contributed by atoms with Crippen LogP contribution in [0.3, 0.4) is 0 Å². The molecule has 4 amide bonds.